The maximum Gasteiger partial charge on any atom is 0.0909 e. The molecule has 0 N–H and O–H groups in total. The Hall–Kier alpha value is 1.59. The largest absolute Gasteiger partial charge is 0.147 e. The minimum absolute atomic E-state index is 0. The average Bonchev–Trinajstić information content (AvgIpc) is 1.31. The first-order chi connectivity index (χ1) is 2.94. The Kier molecular flexibility index (Phi) is 11.9. The van der Waals surface area contributed by atoms with Gasteiger partial charge in [-0.2, -0.15) is 0 Å². The lowest BCUT2D eigenvalue weighted by atomic mass is 10.3. The fourth-order valence-corrected chi connectivity index (χ4v) is 0. The van der Waals surface area contributed by atoms with Crippen LogP contribution in [0.25, 0.3) is 0 Å². The molecular formula is C4H11Cl4P. The smallest absolute Gasteiger partial charge is 0.0909 e. The van der Waals surface area contributed by atoms with Crippen LogP contribution in [0.5, 0.6) is 0 Å². The molecule has 0 fully saturated rings. The van der Waals surface area contributed by atoms with E-state index in [0.717, 1.165) is 0 Å². The number of hydrogen-bond donors (Lipinski definition) is 0. The summed E-state index contributed by atoms with van der Waals surface area (Å²) in [5.41, 5.74) is 0. The minimum Gasteiger partial charge on any atom is -0.147 e. The summed E-state index contributed by atoms with van der Waals surface area (Å²) in [5, 5.41) is 0.0957. The molecule has 0 saturated carbocycles. The highest BCUT2D eigenvalue weighted by molar-refractivity contribution is 8.04. The van der Waals surface area contributed by atoms with E-state index in [1.807, 2.05) is 20.8 Å². The number of hydrogen-bond acceptors (Lipinski definition) is 0. The lowest BCUT2D eigenvalue weighted by molar-refractivity contribution is 0.799. The van der Waals surface area contributed by atoms with Crippen molar-refractivity contribution in [1.82, 2.24) is 0 Å². The second-order valence-electron chi connectivity index (χ2n) is 2.40. The molecule has 60 valence electrons. The van der Waals surface area contributed by atoms with Crippen LogP contribution in [-0.2, 0) is 0 Å². The van der Waals surface area contributed by atoms with Crippen LogP contribution in [-0.4, -0.2) is 5.16 Å². The van der Waals surface area contributed by atoms with Crippen molar-refractivity contribution in [2.75, 3.05) is 0 Å². The van der Waals surface area contributed by atoms with Gasteiger partial charge >= 0.3 is 0 Å². The summed E-state index contributed by atoms with van der Waals surface area (Å²) in [4.78, 5) is 0. The molecule has 0 aliphatic heterocycles. The van der Waals surface area contributed by atoms with Crippen molar-refractivity contribution >= 4 is 53.9 Å². The fourth-order valence-electron chi connectivity index (χ4n) is 0. The van der Waals surface area contributed by atoms with Crippen LogP contribution in [0.15, 0.2) is 0 Å². The molecule has 0 aromatic carbocycles. The van der Waals surface area contributed by atoms with Gasteiger partial charge in [-0.25, -0.2) is 0 Å². The minimum atomic E-state index is -0.797. The van der Waals surface area contributed by atoms with E-state index in [0.29, 0.717) is 0 Å². The standard InChI is InChI=1S/C4H9Cl2P.2ClH/c1-4(2,3)7(5)6;;/h1-3H3;2*1H. The van der Waals surface area contributed by atoms with E-state index in [9.17, 15) is 0 Å². The molecule has 0 aliphatic carbocycles. The Morgan fingerprint density at radius 1 is 1.00 bits per heavy atom. The third-order valence-electron chi connectivity index (χ3n) is 0.507. The van der Waals surface area contributed by atoms with Crippen molar-refractivity contribution in [3.8, 4) is 0 Å². The molecule has 0 aromatic heterocycles. The van der Waals surface area contributed by atoms with Gasteiger partial charge in [-0.05, 0) is 0 Å². The SMILES string of the molecule is CC(C)(C)P(Cl)Cl.Cl.Cl. The zero-order chi connectivity index (χ0) is 6.08. The summed E-state index contributed by atoms with van der Waals surface area (Å²) < 4.78 is 0. The predicted molar refractivity (Wildman–Crippen MR) is 52.9 cm³/mol. The van der Waals surface area contributed by atoms with E-state index < -0.39 is 6.63 Å². The highest BCUT2D eigenvalue weighted by Gasteiger charge is 2.18. The molecule has 0 spiro atoms. The third-order valence-corrected chi connectivity index (χ3v) is 4.56. The second-order valence-corrected chi connectivity index (χ2v) is 6.76. The van der Waals surface area contributed by atoms with Gasteiger partial charge in [0.1, 0.15) is 0 Å². The maximum atomic E-state index is 5.58. The molecule has 0 radical (unpaired) electrons. The Morgan fingerprint density at radius 3 is 1.11 bits per heavy atom. The van der Waals surface area contributed by atoms with Crippen molar-refractivity contribution < 1.29 is 0 Å². The van der Waals surface area contributed by atoms with Gasteiger partial charge in [0.2, 0.25) is 0 Å². The topological polar surface area (TPSA) is 0 Å². The van der Waals surface area contributed by atoms with Crippen LogP contribution in [0.3, 0.4) is 0 Å². The fraction of sp³-hybridized carbons (Fsp3) is 1.00. The van der Waals surface area contributed by atoms with Crippen molar-refractivity contribution in [2.24, 2.45) is 0 Å². The molecule has 0 bridgehead atoms. The van der Waals surface area contributed by atoms with E-state index in [4.69, 9.17) is 22.5 Å². The van der Waals surface area contributed by atoms with Gasteiger partial charge in [-0.3, -0.25) is 0 Å². The van der Waals surface area contributed by atoms with Gasteiger partial charge in [-0.1, -0.05) is 43.3 Å². The van der Waals surface area contributed by atoms with E-state index in [1.54, 1.807) is 0 Å². The van der Waals surface area contributed by atoms with Gasteiger partial charge in [0.15, 0.2) is 0 Å². The van der Waals surface area contributed by atoms with Crippen molar-refractivity contribution in [2.45, 2.75) is 25.9 Å². The van der Waals surface area contributed by atoms with Crippen molar-refractivity contribution in [1.29, 1.82) is 0 Å². The molecule has 0 unspecified atom stereocenters. The molecule has 0 heterocycles. The summed E-state index contributed by atoms with van der Waals surface area (Å²) >= 11 is 11.2. The van der Waals surface area contributed by atoms with E-state index in [1.165, 1.54) is 0 Å². The van der Waals surface area contributed by atoms with E-state index in [2.05, 4.69) is 0 Å². The summed E-state index contributed by atoms with van der Waals surface area (Å²) in [5.74, 6) is 0. The quantitative estimate of drug-likeness (QED) is 0.542. The van der Waals surface area contributed by atoms with Gasteiger partial charge < -0.3 is 0 Å². The molecule has 0 nitrogen and oxygen atoms in total. The lowest BCUT2D eigenvalue weighted by Gasteiger charge is -2.17. The number of halogens is 4. The average molecular weight is 232 g/mol. The van der Waals surface area contributed by atoms with Gasteiger partial charge in [0.05, 0.1) is 6.63 Å². The molecule has 0 atom stereocenters. The first kappa shape index (κ1) is 16.9. The predicted octanol–water partition coefficient (Wildman–Crippen LogP) is 4.42. The van der Waals surface area contributed by atoms with Gasteiger partial charge in [-0.15, -0.1) is 24.8 Å². The number of rotatable bonds is 0. The molecule has 0 aromatic rings. The Bertz CT molecular complexity index is 58.1. The molecule has 0 amide bonds. The summed E-state index contributed by atoms with van der Waals surface area (Å²) in [6, 6.07) is 0. The third kappa shape index (κ3) is 9.59. The monoisotopic (exact) mass is 230 g/mol. The highest BCUT2D eigenvalue weighted by atomic mass is 35.9. The van der Waals surface area contributed by atoms with Crippen LogP contribution in [0, 0.1) is 0 Å². The Balaban J connectivity index is -0.000000180. The van der Waals surface area contributed by atoms with Crippen LogP contribution in [0.2, 0.25) is 0 Å². The first-order valence-corrected chi connectivity index (χ1v) is 5.21. The molecule has 5 heteroatoms. The zero-order valence-corrected chi connectivity index (χ0v) is 9.56. The summed E-state index contributed by atoms with van der Waals surface area (Å²) in [6.07, 6.45) is 0. The summed E-state index contributed by atoms with van der Waals surface area (Å²) in [6.45, 7) is 5.28. The summed E-state index contributed by atoms with van der Waals surface area (Å²) in [7, 11) is 0. The molecular weight excluding hydrogens is 221 g/mol. The maximum absolute atomic E-state index is 5.58. The normalized spacial score (nSPS) is 10.0. The Labute approximate surface area is 79.8 Å². The van der Waals surface area contributed by atoms with Crippen LogP contribution in [0.1, 0.15) is 20.8 Å². The first-order valence-electron chi connectivity index (χ1n) is 2.06. The van der Waals surface area contributed by atoms with Gasteiger partial charge in [0.25, 0.3) is 0 Å². The van der Waals surface area contributed by atoms with Crippen LogP contribution < -0.4 is 0 Å². The molecule has 0 rings (SSSR count). The lowest BCUT2D eigenvalue weighted by Crippen LogP contribution is -2.04. The molecule has 0 aliphatic rings. The van der Waals surface area contributed by atoms with Gasteiger partial charge in [0, 0.05) is 5.16 Å². The van der Waals surface area contributed by atoms with Crippen LogP contribution in [0.4, 0.5) is 0 Å². The molecule has 0 saturated heterocycles. The highest BCUT2D eigenvalue weighted by Crippen LogP contribution is 2.57. The Morgan fingerprint density at radius 2 is 1.11 bits per heavy atom. The van der Waals surface area contributed by atoms with Crippen molar-refractivity contribution in [3.05, 3.63) is 0 Å². The zero-order valence-electron chi connectivity index (χ0n) is 5.52. The second kappa shape index (κ2) is 6.31. The van der Waals surface area contributed by atoms with Crippen LogP contribution >= 0.6 is 53.9 Å². The van der Waals surface area contributed by atoms with Crippen molar-refractivity contribution in [3.63, 3.8) is 0 Å². The van der Waals surface area contributed by atoms with E-state index in [-0.39, 0.29) is 30.0 Å². The van der Waals surface area contributed by atoms with E-state index >= 15 is 0 Å². The molecule has 9 heavy (non-hydrogen) atoms.